The molecule has 1 aromatic heterocycles. The minimum Gasteiger partial charge on any atom is -0.484 e. The number of nitrogens with zero attached hydrogens (tertiary/aromatic N) is 1. The fourth-order valence-corrected chi connectivity index (χ4v) is 4.30. The average Bonchev–Trinajstić information content (AvgIpc) is 3.27. The predicted octanol–water partition coefficient (Wildman–Crippen LogP) is 4.98. The topological polar surface area (TPSA) is 41.6 Å². The van der Waals surface area contributed by atoms with Gasteiger partial charge in [-0.05, 0) is 54.4 Å². The van der Waals surface area contributed by atoms with Crippen LogP contribution in [0.4, 0.5) is 11.4 Å². The second-order valence-corrected chi connectivity index (χ2v) is 8.17. The van der Waals surface area contributed by atoms with Gasteiger partial charge in [0.15, 0.2) is 6.61 Å². The molecule has 0 unspecified atom stereocenters. The molecule has 6 heteroatoms. The zero-order valence-electron chi connectivity index (χ0n) is 14.7. The summed E-state index contributed by atoms with van der Waals surface area (Å²) < 4.78 is 6.31. The summed E-state index contributed by atoms with van der Waals surface area (Å²) >= 11 is 7.65. The molecule has 2 aromatic carbocycles. The summed E-state index contributed by atoms with van der Waals surface area (Å²) in [7, 11) is 0. The molecule has 0 fully saturated rings. The lowest BCUT2D eigenvalue weighted by atomic mass is 10.1. The van der Waals surface area contributed by atoms with Crippen LogP contribution >= 0.6 is 22.9 Å². The standard InChI is InChI=1S/C21H19ClN2O2S/c22-20-9-7-18(27-20)13-24-11-10-15-12-16(6-8-19(15)24)23-21(25)14-26-17-4-2-1-3-5-17/h1-9,12H,10-11,13-14H2,(H,23,25). The molecule has 4 nitrogen and oxygen atoms in total. The van der Waals surface area contributed by atoms with Crippen molar-refractivity contribution in [3.63, 3.8) is 0 Å². The van der Waals surface area contributed by atoms with Crippen LogP contribution in [0.2, 0.25) is 4.34 Å². The summed E-state index contributed by atoms with van der Waals surface area (Å²) in [6, 6.07) is 19.4. The highest BCUT2D eigenvalue weighted by molar-refractivity contribution is 7.16. The van der Waals surface area contributed by atoms with E-state index in [2.05, 4.69) is 28.4 Å². The third-order valence-electron chi connectivity index (χ3n) is 4.44. The fourth-order valence-electron chi connectivity index (χ4n) is 3.20. The molecular weight excluding hydrogens is 380 g/mol. The third-order valence-corrected chi connectivity index (χ3v) is 5.66. The first-order chi connectivity index (χ1) is 13.2. The van der Waals surface area contributed by atoms with Gasteiger partial charge in [0.05, 0.1) is 10.9 Å². The summed E-state index contributed by atoms with van der Waals surface area (Å²) in [5.74, 6) is 0.521. The average molecular weight is 399 g/mol. The van der Waals surface area contributed by atoms with Crippen molar-refractivity contribution in [2.24, 2.45) is 0 Å². The Bertz CT molecular complexity index is 942. The Balaban J connectivity index is 1.36. The van der Waals surface area contributed by atoms with Crippen LogP contribution in [0.1, 0.15) is 10.4 Å². The van der Waals surface area contributed by atoms with E-state index in [9.17, 15) is 4.79 Å². The van der Waals surface area contributed by atoms with E-state index >= 15 is 0 Å². The summed E-state index contributed by atoms with van der Waals surface area (Å²) in [5, 5.41) is 2.91. The number of benzene rings is 2. The van der Waals surface area contributed by atoms with Crippen molar-refractivity contribution in [2.45, 2.75) is 13.0 Å². The first-order valence-electron chi connectivity index (χ1n) is 8.77. The monoisotopic (exact) mass is 398 g/mol. The maximum absolute atomic E-state index is 12.1. The second-order valence-electron chi connectivity index (χ2n) is 6.37. The van der Waals surface area contributed by atoms with Crippen LogP contribution in [0.3, 0.4) is 0 Å². The predicted molar refractivity (Wildman–Crippen MR) is 111 cm³/mol. The van der Waals surface area contributed by atoms with Crippen LogP contribution in [0.15, 0.2) is 60.7 Å². The number of carbonyl (C=O) groups is 1. The Morgan fingerprint density at radius 3 is 2.78 bits per heavy atom. The molecule has 27 heavy (non-hydrogen) atoms. The molecule has 0 spiro atoms. The molecular formula is C21H19ClN2O2S. The lowest BCUT2D eigenvalue weighted by Crippen LogP contribution is -2.20. The van der Waals surface area contributed by atoms with Gasteiger partial charge in [0, 0.05) is 22.8 Å². The minimum atomic E-state index is -0.165. The Labute approximate surface area is 167 Å². The van der Waals surface area contributed by atoms with E-state index in [4.69, 9.17) is 16.3 Å². The Hall–Kier alpha value is -2.50. The summed E-state index contributed by atoms with van der Waals surface area (Å²) in [5.41, 5.74) is 3.27. The quantitative estimate of drug-likeness (QED) is 0.636. The van der Waals surface area contributed by atoms with E-state index in [0.29, 0.717) is 5.75 Å². The number of para-hydroxylation sites is 1. The van der Waals surface area contributed by atoms with Gasteiger partial charge in [0.25, 0.3) is 5.91 Å². The van der Waals surface area contributed by atoms with E-state index in [0.717, 1.165) is 29.5 Å². The molecule has 0 aliphatic carbocycles. The number of halogens is 1. The number of amides is 1. The van der Waals surface area contributed by atoms with Crippen molar-refractivity contribution in [1.82, 2.24) is 0 Å². The van der Waals surface area contributed by atoms with Gasteiger partial charge >= 0.3 is 0 Å². The van der Waals surface area contributed by atoms with Gasteiger partial charge in [0.1, 0.15) is 5.75 Å². The number of fused-ring (bicyclic) bond motifs is 1. The first-order valence-corrected chi connectivity index (χ1v) is 9.96. The molecule has 1 N–H and O–H groups in total. The molecule has 0 bridgehead atoms. The Morgan fingerprint density at radius 2 is 2.00 bits per heavy atom. The lowest BCUT2D eigenvalue weighted by Gasteiger charge is -2.18. The second kappa shape index (κ2) is 8.03. The maximum Gasteiger partial charge on any atom is 0.262 e. The highest BCUT2D eigenvalue weighted by Gasteiger charge is 2.20. The van der Waals surface area contributed by atoms with Gasteiger partial charge in [-0.25, -0.2) is 0 Å². The molecule has 4 rings (SSSR count). The number of anilines is 2. The van der Waals surface area contributed by atoms with Gasteiger partial charge in [0.2, 0.25) is 0 Å². The normalized spacial score (nSPS) is 12.7. The molecule has 0 saturated heterocycles. The number of carbonyl (C=O) groups excluding carboxylic acids is 1. The van der Waals surface area contributed by atoms with E-state index in [1.54, 1.807) is 11.3 Å². The van der Waals surface area contributed by atoms with Gasteiger partial charge in [-0.2, -0.15) is 0 Å². The number of hydrogen-bond donors (Lipinski definition) is 1. The molecule has 3 aromatic rings. The van der Waals surface area contributed by atoms with Gasteiger partial charge in [-0.3, -0.25) is 4.79 Å². The van der Waals surface area contributed by atoms with Crippen LogP contribution in [-0.4, -0.2) is 19.1 Å². The SMILES string of the molecule is O=C(COc1ccccc1)Nc1ccc2c(c1)CCN2Cc1ccc(Cl)s1. The molecule has 138 valence electrons. The number of ether oxygens (including phenoxy) is 1. The van der Waals surface area contributed by atoms with Crippen molar-refractivity contribution in [2.75, 3.05) is 23.4 Å². The third kappa shape index (κ3) is 4.43. The smallest absolute Gasteiger partial charge is 0.262 e. The molecule has 0 radical (unpaired) electrons. The van der Waals surface area contributed by atoms with Crippen molar-refractivity contribution in [3.8, 4) is 5.75 Å². The van der Waals surface area contributed by atoms with Gasteiger partial charge in [-0.15, -0.1) is 11.3 Å². The highest BCUT2D eigenvalue weighted by Crippen LogP contribution is 2.33. The minimum absolute atomic E-state index is 0.00758. The Kier molecular flexibility index (Phi) is 5.32. The van der Waals surface area contributed by atoms with E-state index in [1.807, 2.05) is 42.5 Å². The van der Waals surface area contributed by atoms with E-state index < -0.39 is 0 Å². The van der Waals surface area contributed by atoms with E-state index in [1.165, 1.54) is 16.1 Å². The molecule has 1 amide bonds. The summed E-state index contributed by atoms with van der Waals surface area (Å²) in [6.07, 6.45) is 0.971. The fraction of sp³-hybridized carbons (Fsp3) is 0.190. The highest BCUT2D eigenvalue weighted by atomic mass is 35.5. The van der Waals surface area contributed by atoms with Crippen LogP contribution in [0.5, 0.6) is 5.75 Å². The maximum atomic E-state index is 12.1. The summed E-state index contributed by atoms with van der Waals surface area (Å²) in [6.45, 7) is 1.83. The van der Waals surface area contributed by atoms with Crippen molar-refractivity contribution < 1.29 is 9.53 Å². The van der Waals surface area contributed by atoms with E-state index in [-0.39, 0.29) is 12.5 Å². The van der Waals surface area contributed by atoms with Crippen LogP contribution < -0.4 is 15.0 Å². The van der Waals surface area contributed by atoms with Crippen molar-refractivity contribution in [3.05, 3.63) is 75.4 Å². The van der Waals surface area contributed by atoms with Gasteiger partial charge in [-0.1, -0.05) is 29.8 Å². The number of rotatable bonds is 6. The van der Waals surface area contributed by atoms with Crippen LogP contribution in [-0.2, 0) is 17.8 Å². The lowest BCUT2D eigenvalue weighted by molar-refractivity contribution is -0.118. The molecule has 0 saturated carbocycles. The number of thiophene rings is 1. The first kappa shape index (κ1) is 17.9. The molecule has 1 aliphatic heterocycles. The zero-order valence-corrected chi connectivity index (χ0v) is 16.2. The van der Waals surface area contributed by atoms with Crippen LogP contribution in [0.25, 0.3) is 0 Å². The molecule has 2 heterocycles. The molecule has 1 aliphatic rings. The van der Waals surface area contributed by atoms with Crippen molar-refractivity contribution >= 4 is 40.2 Å². The zero-order chi connectivity index (χ0) is 18.6. The summed E-state index contributed by atoms with van der Waals surface area (Å²) in [4.78, 5) is 15.7. The number of nitrogens with one attached hydrogen (secondary N) is 1. The van der Waals surface area contributed by atoms with Gasteiger partial charge < -0.3 is 15.0 Å². The largest absolute Gasteiger partial charge is 0.484 e. The van der Waals surface area contributed by atoms with Crippen LogP contribution in [0, 0.1) is 0 Å². The van der Waals surface area contributed by atoms with Crippen molar-refractivity contribution in [1.29, 1.82) is 0 Å². The Morgan fingerprint density at radius 1 is 1.15 bits per heavy atom. The number of hydrogen-bond acceptors (Lipinski definition) is 4. The molecule has 0 atom stereocenters.